The molecule has 3 atom stereocenters. The van der Waals surface area contributed by atoms with Gasteiger partial charge in [-0.2, -0.15) is 4.31 Å². The van der Waals surface area contributed by atoms with Crippen molar-refractivity contribution >= 4 is 21.6 Å². The zero-order chi connectivity index (χ0) is 21.0. The number of amides is 1. The zero-order valence-electron chi connectivity index (χ0n) is 17.4. The van der Waals surface area contributed by atoms with Crippen molar-refractivity contribution in [2.24, 2.45) is 0 Å². The van der Waals surface area contributed by atoms with Crippen LogP contribution in [-0.4, -0.2) is 70.2 Å². The molecule has 2 aliphatic heterocycles. The number of carbonyl (C=O) groups excluding carboxylic acids is 1. The number of hydrogen-bond acceptors (Lipinski definition) is 5. The molecule has 2 fully saturated rings. The molecule has 2 saturated heterocycles. The maximum Gasteiger partial charge on any atom is 0.279 e. The topological polar surface area (TPSA) is 89.4 Å². The minimum atomic E-state index is -3.66. The first kappa shape index (κ1) is 22.0. The predicted octanol–water partition coefficient (Wildman–Crippen LogP) is 0.500. The highest BCUT2D eigenvalue weighted by Crippen LogP contribution is 2.31. The lowest BCUT2D eigenvalue weighted by molar-refractivity contribution is -0.907. The Balaban J connectivity index is 1.75. The second kappa shape index (κ2) is 9.42. The molecule has 1 unspecified atom stereocenters. The van der Waals surface area contributed by atoms with E-state index in [1.807, 2.05) is 20.8 Å². The monoisotopic (exact) mass is 426 g/mol. The molecule has 0 bridgehead atoms. The molecular formula is C20H32N3O5S+. The maximum atomic E-state index is 13.1. The summed E-state index contributed by atoms with van der Waals surface area (Å²) >= 11 is 0. The van der Waals surface area contributed by atoms with Crippen molar-refractivity contribution in [3.8, 4) is 5.75 Å². The average molecular weight is 427 g/mol. The van der Waals surface area contributed by atoms with Gasteiger partial charge < -0.3 is 19.7 Å². The number of benzene rings is 1. The Labute approximate surface area is 173 Å². The fourth-order valence-electron chi connectivity index (χ4n) is 4.10. The largest absolute Gasteiger partial charge is 0.492 e. The quantitative estimate of drug-likeness (QED) is 0.663. The first-order valence-electron chi connectivity index (χ1n) is 10.4. The number of anilines is 1. The van der Waals surface area contributed by atoms with E-state index in [0.717, 1.165) is 30.8 Å². The van der Waals surface area contributed by atoms with Gasteiger partial charge in [-0.3, -0.25) is 4.79 Å². The second-order valence-corrected chi connectivity index (χ2v) is 9.75. The van der Waals surface area contributed by atoms with E-state index in [9.17, 15) is 13.2 Å². The van der Waals surface area contributed by atoms with Gasteiger partial charge in [0.15, 0.2) is 6.54 Å². The fraction of sp³-hybridized carbons (Fsp3) is 0.650. The van der Waals surface area contributed by atoms with Crippen molar-refractivity contribution in [2.45, 2.75) is 50.7 Å². The van der Waals surface area contributed by atoms with Crippen LogP contribution in [0, 0.1) is 0 Å². The zero-order valence-corrected chi connectivity index (χ0v) is 18.3. The van der Waals surface area contributed by atoms with Gasteiger partial charge in [0.25, 0.3) is 5.91 Å². The Morgan fingerprint density at radius 1 is 1.24 bits per heavy atom. The smallest absolute Gasteiger partial charge is 0.279 e. The Hall–Kier alpha value is -1.68. The maximum absolute atomic E-state index is 13.1. The Bertz CT molecular complexity index is 813. The third kappa shape index (κ3) is 5.48. The highest BCUT2D eigenvalue weighted by atomic mass is 32.2. The van der Waals surface area contributed by atoms with Gasteiger partial charge in [-0.25, -0.2) is 8.42 Å². The van der Waals surface area contributed by atoms with E-state index in [0.29, 0.717) is 37.7 Å². The van der Waals surface area contributed by atoms with Crippen LogP contribution >= 0.6 is 0 Å². The van der Waals surface area contributed by atoms with Crippen molar-refractivity contribution in [3.63, 3.8) is 0 Å². The van der Waals surface area contributed by atoms with Crippen LogP contribution in [0.3, 0.4) is 0 Å². The van der Waals surface area contributed by atoms with Crippen molar-refractivity contribution in [1.29, 1.82) is 0 Å². The first-order valence-corrected chi connectivity index (χ1v) is 11.8. The van der Waals surface area contributed by atoms with Crippen LogP contribution in [0.1, 0.15) is 33.6 Å². The minimum Gasteiger partial charge on any atom is -0.492 e. The lowest BCUT2D eigenvalue weighted by Crippen LogP contribution is -3.16. The minimum absolute atomic E-state index is 0.111. The number of hydrogen-bond donors (Lipinski definition) is 2. The van der Waals surface area contributed by atoms with Gasteiger partial charge in [-0.15, -0.1) is 0 Å². The van der Waals surface area contributed by atoms with Gasteiger partial charge in [-0.1, -0.05) is 0 Å². The molecule has 162 valence electrons. The van der Waals surface area contributed by atoms with Crippen LogP contribution in [0.15, 0.2) is 23.1 Å². The summed E-state index contributed by atoms with van der Waals surface area (Å²) in [6.07, 6.45) is 1.95. The molecule has 0 saturated carbocycles. The molecule has 1 amide bonds. The molecule has 0 aromatic heterocycles. The standard InChI is InChI=1S/C20H31N3O5S/c1-4-27-18-8-7-17(11-19(18)29(25,26)23-9-5-6-10-23)21-20(24)14-22-12-15(2)28-16(3)13-22/h7-8,11,15-16H,4-6,9-10,12-14H2,1-3H3,(H,21,24)/p+1/t15-,16+. The summed E-state index contributed by atoms with van der Waals surface area (Å²) in [5.74, 6) is 0.175. The molecule has 0 spiro atoms. The number of sulfonamides is 1. The summed E-state index contributed by atoms with van der Waals surface area (Å²) in [5.41, 5.74) is 0.463. The fourth-order valence-corrected chi connectivity index (χ4v) is 5.77. The molecule has 8 nitrogen and oxygen atoms in total. The molecule has 0 radical (unpaired) electrons. The first-order chi connectivity index (χ1) is 13.8. The lowest BCUT2D eigenvalue weighted by atomic mass is 10.2. The summed E-state index contributed by atoms with van der Waals surface area (Å²) < 4.78 is 38.9. The molecule has 9 heteroatoms. The van der Waals surface area contributed by atoms with Crippen LogP contribution in [0.5, 0.6) is 5.75 Å². The summed E-state index contributed by atoms with van der Waals surface area (Å²) in [4.78, 5) is 13.8. The van der Waals surface area contributed by atoms with E-state index in [-0.39, 0.29) is 23.0 Å². The van der Waals surface area contributed by atoms with Gasteiger partial charge in [0.05, 0.1) is 6.61 Å². The number of carbonyl (C=O) groups is 1. The van der Waals surface area contributed by atoms with E-state index >= 15 is 0 Å². The van der Waals surface area contributed by atoms with Gasteiger partial charge >= 0.3 is 0 Å². The SMILES string of the molecule is CCOc1ccc(NC(=O)C[NH+]2C[C@@H](C)O[C@@H](C)C2)cc1S(=O)(=O)N1CCCC1. The van der Waals surface area contributed by atoms with Crippen LogP contribution in [0.2, 0.25) is 0 Å². The lowest BCUT2D eigenvalue weighted by Gasteiger charge is -2.31. The predicted molar refractivity (Wildman–Crippen MR) is 110 cm³/mol. The van der Waals surface area contributed by atoms with Crippen molar-refractivity contribution in [1.82, 2.24) is 4.31 Å². The van der Waals surface area contributed by atoms with Crippen LogP contribution < -0.4 is 15.0 Å². The third-order valence-corrected chi connectivity index (χ3v) is 7.16. The molecule has 2 aliphatic rings. The number of morpholine rings is 1. The molecule has 1 aromatic rings. The highest BCUT2D eigenvalue weighted by molar-refractivity contribution is 7.89. The van der Waals surface area contributed by atoms with E-state index < -0.39 is 10.0 Å². The van der Waals surface area contributed by atoms with E-state index in [2.05, 4.69) is 5.32 Å². The second-order valence-electron chi connectivity index (χ2n) is 7.85. The van der Waals surface area contributed by atoms with Crippen molar-refractivity contribution in [3.05, 3.63) is 18.2 Å². The summed E-state index contributed by atoms with van der Waals surface area (Å²) in [6, 6.07) is 4.82. The third-order valence-electron chi connectivity index (χ3n) is 5.24. The van der Waals surface area contributed by atoms with Crippen molar-refractivity contribution in [2.75, 3.05) is 44.6 Å². The van der Waals surface area contributed by atoms with Gasteiger partial charge in [0.1, 0.15) is 35.9 Å². The van der Waals surface area contributed by atoms with Gasteiger partial charge in [-0.05, 0) is 51.8 Å². The number of quaternary nitrogens is 1. The summed E-state index contributed by atoms with van der Waals surface area (Å²) in [6.45, 7) is 9.10. The van der Waals surface area contributed by atoms with Gasteiger partial charge in [0.2, 0.25) is 10.0 Å². The molecule has 2 heterocycles. The van der Waals surface area contributed by atoms with Gasteiger partial charge in [0, 0.05) is 18.8 Å². The number of nitrogens with zero attached hydrogens (tertiary/aromatic N) is 1. The molecular weight excluding hydrogens is 394 g/mol. The molecule has 2 N–H and O–H groups in total. The molecule has 29 heavy (non-hydrogen) atoms. The normalized spacial score (nSPS) is 25.7. The van der Waals surface area contributed by atoms with Crippen molar-refractivity contribution < 1.29 is 27.6 Å². The van der Waals surface area contributed by atoms with Crippen LogP contribution in [-0.2, 0) is 19.6 Å². The summed E-state index contributed by atoms with van der Waals surface area (Å²) in [5, 5.41) is 2.85. The van der Waals surface area contributed by atoms with Crippen LogP contribution in [0.4, 0.5) is 5.69 Å². The van der Waals surface area contributed by atoms with E-state index in [4.69, 9.17) is 9.47 Å². The molecule has 3 rings (SSSR count). The number of nitrogens with one attached hydrogen (secondary N) is 2. The molecule has 1 aromatic carbocycles. The highest BCUT2D eigenvalue weighted by Gasteiger charge is 2.31. The van der Waals surface area contributed by atoms with E-state index in [1.54, 1.807) is 12.1 Å². The Kier molecular flexibility index (Phi) is 7.15. The van der Waals surface area contributed by atoms with Crippen LogP contribution in [0.25, 0.3) is 0 Å². The number of rotatable bonds is 7. The molecule has 0 aliphatic carbocycles. The Morgan fingerprint density at radius 3 is 2.52 bits per heavy atom. The number of ether oxygens (including phenoxy) is 2. The average Bonchev–Trinajstić information content (AvgIpc) is 3.17. The summed E-state index contributed by atoms with van der Waals surface area (Å²) in [7, 11) is -3.66. The Morgan fingerprint density at radius 2 is 1.90 bits per heavy atom. The van der Waals surface area contributed by atoms with E-state index in [1.165, 1.54) is 10.4 Å².